The number of methoxy groups -OCH3 is 1. The number of piperidine rings is 1. The van der Waals surface area contributed by atoms with Gasteiger partial charge in [-0.1, -0.05) is 29.8 Å². The molecule has 2 aromatic carbocycles. The molecule has 1 fully saturated rings. The standard InChI is InChI=1S/C23H24ClN3O5S/c1-32-23(29)25-33(30,31)20-6-3-16(4-7-20)17-8-11-26(12-9-17)22(28)15-27-13-10-18-2-5-19(24)14-21(18)27/h2-7,10,13-14,17H,8-9,11-12,15H2,1H3,(H,25,29). The lowest BCUT2D eigenvalue weighted by Crippen LogP contribution is -2.39. The van der Waals surface area contributed by atoms with Crippen LogP contribution in [0, 0.1) is 0 Å². The smallest absolute Gasteiger partial charge is 0.420 e. The molecule has 0 spiro atoms. The van der Waals surface area contributed by atoms with Crippen molar-refractivity contribution in [1.82, 2.24) is 14.2 Å². The number of nitrogens with one attached hydrogen (secondary N) is 1. The average Bonchev–Trinajstić information content (AvgIpc) is 3.20. The summed E-state index contributed by atoms with van der Waals surface area (Å²) in [6, 6.07) is 14.1. The van der Waals surface area contributed by atoms with Crippen LogP contribution in [0.25, 0.3) is 10.9 Å². The highest BCUT2D eigenvalue weighted by Gasteiger charge is 2.25. The fraction of sp³-hybridized carbons (Fsp3) is 0.304. The number of halogens is 1. The molecule has 1 N–H and O–H groups in total. The van der Waals surface area contributed by atoms with E-state index in [-0.39, 0.29) is 23.3 Å². The highest BCUT2D eigenvalue weighted by Crippen LogP contribution is 2.29. The van der Waals surface area contributed by atoms with E-state index in [1.54, 1.807) is 12.1 Å². The summed E-state index contributed by atoms with van der Waals surface area (Å²) < 4.78 is 32.4. The minimum absolute atomic E-state index is 0.0108. The van der Waals surface area contributed by atoms with Crippen LogP contribution in [-0.4, -0.2) is 50.1 Å². The minimum atomic E-state index is -3.97. The molecule has 2 heterocycles. The number of amides is 2. The van der Waals surface area contributed by atoms with Gasteiger partial charge in [0.1, 0.15) is 6.54 Å². The summed E-state index contributed by atoms with van der Waals surface area (Å²) in [6.45, 7) is 1.52. The second-order valence-electron chi connectivity index (χ2n) is 7.97. The monoisotopic (exact) mass is 489 g/mol. The number of nitrogens with zero attached hydrogens (tertiary/aromatic N) is 2. The number of hydrogen-bond acceptors (Lipinski definition) is 5. The maximum atomic E-state index is 12.9. The lowest BCUT2D eigenvalue weighted by molar-refractivity contribution is -0.132. The number of hydrogen-bond donors (Lipinski definition) is 1. The highest BCUT2D eigenvalue weighted by atomic mass is 35.5. The van der Waals surface area contributed by atoms with Crippen molar-refractivity contribution in [3.05, 3.63) is 65.3 Å². The third-order valence-corrected chi connectivity index (χ3v) is 7.52. The van der Waals surface area contributed by atoms with Crippen molar-refractivity contribution in [2.45, 2.75) is 30.2 Å². The van der Waals surface area contributed by atoms with E-state index >= 15 is 0 Å². The van der Waals surface area contributed by atoms with Gasteiger partial charge in [0.2, 0.25) is 5.91 Å². The van der Waals surface area contributed by atoms with E-state index in [9.17, 15) is 18.0 Å². The van der Waals surface area contributed by atoms with Crippen molar-refractivity contribution < 1.29 is 22.7 Å². The molecule has 4 rings (SSSR count). The van der Waals surface area contributed by atoms with Gasteiger partial charge < -0.3 is 14.2 Å². The predicted molar refractivity (Wildman–Crippen MR) is 125 cm³/mol. The van der Waals surface area contributed by atoms with E-state index in [0.29, 0.717) is 18.1 Å². The molecule has 0 saturated carbocycles. The average molecular weight is 490 g/mol. The van der Waals surface area contributed by atoms with Crippen LogP contribution in [0.1, 0.15) is 24.3 Å². The van der Waals surface area contributed by atoms with E-state index in [1.165, 1.54) is 12.1 Å². The molecular weight excluding hydrogens is 466 g/mol. The molecule has 33 heavy (non-hydrogen) atoms. The van der Waals surface area contributed by atoms with Crippen molar-refractivity contribution in [3.8, 4) is 0 Å². The number of carbonyl (C=O) groups excluding carboxylic acids is 2. The summed E-state index contributed by atoms with van der Waals surface area (Å²) in [5, 5.41) is 1.67. The van der Waals surface area contributed by atoms with E-state index in [2.05, 4.69) is 4.74 Å². The van der Waals surface area contributed by atoms with E-state index in [4.69, 9.17) is 11.6 Å². The molecule has 1 saturated heterocycles. The Hall–Kier alpha value is -3.04. The predicted octanol–water partition coefficient (Wildman–Crippen LogP) is 3.75. The zero-order valence-corrected chi connectivity index (χ0v) is 19.6. The molecule has 174 valence electrons. The Morgan fingerprint density at radius 1 is 1.09 bits per heavy atom. The Balaban J connectivity index is 1.36. The van der Waals surface area contributed by atoms with Crippen LogP contribution in [0.5, 0.6) is 0 Å². The topological polar surface area (TPSA) is 97.7 Å². The number of carbonyl (C=O) groups is 2. The first-order valence-corrected chi connectivity index (χ1v) is 12.4. The summed E-state index contributed by atoms with van der Waals surface area (Å²) in [4.78, 5) is 26.0. The van der Waals surface area contributed by atoms with Gasteiger partial charge in [-0.25, -0.2) is 17.9 Å². The molecule has 2 amide bonds. The van der Waals surface area contributed by atoms with Gasteiger partial charge >= 0.3 is 6.09 Å². The van der Waals surface area contributed by atoms with Crippen molar-refractivity contribution in [2.75, 3.05) is 20.2 Å². The van der Waals surface area contributed by atoms with Crippen molar-refractivity contribution in [3.63, 3.8) is 0 Å². The summed E-state index contributed by atoms with van der Waals surface area (Å²) in [5.41, 5.74) is 1.94. The largest absolute Gasteiger partial charge is 0.452 e. The molecule has 1 aliphatic rings. The summed E-state index contributed by atoms with van der Waals surface area (Å²) in [7, 11) is -2.87. The molecule has 10 heteroatoms. The lowest BCUT2D eigenvalue weighted by atomic mass is 9.89. The zero-order valence-electron chi connectivity index (χ0n) is 18.0. The molecule has 0 radical (unpaired) electrons. The molecule has 0 unspecified atom stereocenters. The van der Waals surface area contributed by atoms with Gasteiger partial charge in [-0.15, -0.1) is 0 Å². The van der Waals surface area contributed by atoms with Crippen LogP contribution in [0.3, 0.4) is 0 Å². The van der Waals surface area contributed by atoms with E-state index < -0.39 is 16.1 Å². The molecule has 3 aromatic rings. The first kappa shape index (κ1) is 23.1. The third kappa shape index (κ3) is 5.15. The minimum Gasteiger partial charge on any atom is -0.452 e. The summed E-state index contributed by atoms with van der Waals surface area (Å²) in [6.07, 6.45) is 2.44. The van der Waals surface area contributed by atoms with Gasteiger partial charge in [0.25, 0.3) is 10.0 Å². The van der Waals surface area contributed by atoms with Gasteiger partial charge in [-0.2, -0.15) is 0 Å². The maximum absolute atomic E-state index is 12.9. The second-order valence-corrected chi connectivity index (χ2v) is 10.1. The first-order valence-electron chi connectivity index (χ1n) is 10.5. The Morgan fingerprint density at radius 2 is 1.79 bits per heavy atom. The molecule has 1 aliphatic heterocycles. The molecular formula is C23H24ClN3O5S. The van der Waals surface area contributed by atoms with Crippen LogP contribution in [0.15, 0.2) is 59.6 Å². The van der Waals surface area contributed by atoms with Crippen LogP contribution in [0.4, 0.5) is 4.79 Å². The van der Waals surface area contributed by atoms with Crippen LogP contribution in [0.2, 0.25) is 5.02 Å². The van der Waals surface area contributed by atoms with Crippen LogP contribution < -0.4 is 4.72 Å². The number of rotatable bonds is 5. The van der Waals surface area contributed by atoms with E-state index in [0.717, 1.165) is 36.4 Å². The third-order valence-electron chi connectivity index (χ3n) is 5.95. The summed E-state index contributed by atoms with van der Waals surface area (Å²) >= 11 is 6.10. The SMILES string of the molecule is COC(=O)NS(=O)(=O)c1ccc(C2CCN(C(=O)Cn3ccc4ccc(Cl)cc43)CC2)cc1. The molecule has 8 nitrogen and oxygen atoms in total. The number of sulfonamides is 1. The zero-order chi connectivity index (χ0) is 23.6. The molecule has 1 aromatic heterocycles. The van der Waals surface area contributed by atoms with Crippen LogP contribution >= 0.6 is 11.6 Å². The van der Waals surface area contributed by atoms with Crippen molar-refractivity contribution in [2.24, 2.45) is 0 Å². The van der Waals surface area contributed by atoms with Gasteiger partial charge in [0, 0.05) is 29.8 Å². The first-order chi connectivity index (χ1) is 15.8. The Labute approximate surface area is 197 Å². The number of ether oxygens (including phenoxy) is 1. The Bertz CT molecular complexity index is 1280. The van der Waals surface area contributed by atoms with E-state index in [1.807, 2.05) is 44.7 Å². The van der Waals surface area contributed by atoms with Crippen molar-refractivity contribution >= 4 is 44.5 Å². The highest BCUT2D eigenvalue weighted by molar-refractivity contribution is 7.90. The van der Waals surface area contributed by atoms with Gasteiger partial charge in [-0.05, 0) is 60.0 Å². The molecule has 0 atom stereocenters. The number of likely N-dealkylation sites (tertiary alicyclic amines) is 1. The lowest BCUT2D eigenvalue weighted by Gasteiger charge is -2.32. The second kappa shape index (κ2) is 9.44. The van der Waals surface area contributed by atoms with Gasteiger partial charge in [0.05, 0.1) is 12.0 Å². The Kier molecular flexibility index (Phi) is 6.62. The van der Waals surface area contributed by atoms with Crippen molar-refractivity contribution in [1.29, 1.82) is 0 Å². The number of fused-ring (bicyclic) bond motifs is 1. The molecule has 0 aliphatic carbocycles. The fourth-order valence-electron chi connectivity index (χ4n) is 4.13. The van der Waals surface area contributed by atoms with Gasteiger partial charge in [-0.3, -0.25) is 4.79 Å². The fourth-order valence-corrected chi connectivity index (χ4v) is 5.21. The van der Waals surface area contributed by atoms with Gasteiger partial charge in [0.15, 0.2) is 0 Å². The molecule has 0 bridgehead atoms. The normalized spacial score (nSPS) is 14.9. The van der Waals surface area contributed by atoms with Crippen LogP contribution in [-0.2, 0) is 26.1 Å². The summed E-state index contributed by atoms with van der Waals surface area (Å²) in [5.74, 6) is 0.284. The number of aromatic nitrogens is 1. The number of benzene rings is 2. The Morgan fingerprint density at radius 3 is 2.45 bits per heavy atom. The maximum Gasteiger partial charge on any atom is 0.420 e. The quantitative estimate of drug-likeness (QED) is 0.588.